The lowest BCUT2D eigenvalue weighted by molar-refractivity contribution is 0.0736. The molecule has 0 N–H and O–H groups in total. The Bertz CT molecular complexity index is 1850. The van der Waals surface area contributed by atoms with E-state index in [-0.39, 0.29) is 28.6 Å². The molecule has 0 amide bonds. The number of carbonyl (C=O) groups excluding carboxylic acids is 2. The average Bonchev–Trinajstić information content (AvgIpc) is 3.54. The Morgan fingerprint density at radius 2 is 1.64 bits per heavy atom. The van der Waals surface area contributed by atoms with Crippen LogP contribution in [0.1, 0.15) is 33.2 Å². The van der Waals surface area contributed by atoms with Crippen molar-refractivity contribution in [2.75, 3.05) is 20.8 Å². The van der Waals surface area contributed by atoms with E-state index in [4.69, 9.17) is 28.1 Å². The highest BCUT2D eigenvalue weighted by atomic mass is 16.5. The van der Waals surface area contributed by atoms with Crippen molar-refractivity contribution in [3.8, 4) is 40.1 Å². The summed E-state index contributed by atoms with van der Waals surface area (Å²) in [6.07, 6.45) is 1.60. The number of hydrogen-bond donors (Lipinski definition) is 0. The van der Waals surface area contributed by atoms with Gasteiger partial charge in [0.2, 0.25) is 5.78 Å². The fraction of sp³-hybridized carbons (Fsp3) is 0.118. The Hall–Kier alpha value is -5.50. The standard InChI is InChI=1S/C34H26O8/c1-4-39-23-13-15-27-26(17-23)31(33(42-27)20-8-6-5-7-9-20)34(36)40-24-12-14-25-29(19-24)41-30(32(25)35)16-21-10-11-22(37-2)18-28(21)38-3/h5-19H,4H2,1-3H3. The van der Waals surface area contributed by atoms with Gasteiger partial charge in [0.25, 0.3) is 0 Å². The largest absolute Gasteiger partial charge is 0.497 e. The number of methoxy groups -OCH3 is 2. The van der Waals surface area contributed by atoms with E-state index in [0.717, 1.165) is 5.56 Å². The summed E-state index contributed by atoms with van der Waals surface area (Å²) in [5.41, 5.74) is 2.52. The molecule has 0 radical (unpaired) electrons. The minimum atomic E-state index is -0.621. The number of benzene rings is 4. The van der Waals surface area contributed by atoms with Gasteiger partial charge in [-0.3, -0.25) is 4.79 Å². The van der Waals surface area contributed by atoms with E-state index in [9.17, 15) is 9.59 Å². The lowest BCUT2D eigenvalue weighted by Crippen LogP contribution is -2.09. The van der Waals surface area contributed by atoms with Gasteiger partial charge in [0, 0.05) is 28.6 Å². The summed E-state index contributed by atoms with van der Waals surface area (Å²) in [6.45, 7) is 2.36. The van der Waals surface area contributed by atoms with Crippen LogP contribution in [-0.2, 0) is 0 Å². The predicted molar refractivity (Wildman–Crippen MR) is 157 cm³/mol. The van der Waals surface area contributed by atoms with Crippen molar-refractivity contribution >= 4 is 28.8 Å². The molecule has 0 fully saturated rings. The third-order valence-corrected chi connectivity index (χ3v) is 6.79. The quantitative estimate of drug-likeness (QED) is 0.110. The van der Waals surface area contributed by atoms with Crippen molar-refractivity contribution in [2.45, 2.75) is 6.92 Å². The van der Waals surface area contributed by atoms with Crippen LogP contribution in [0.2, 0.25) is 0 Å². The monoisotopic (exact) mass is 562 g/mol. The van der Waals surface area contributed by atoms with E-state index in [1.165, 1.54) is 13.2 Å². The van der Waals surface area contributed by atoms with Crippen LogP contribution in [0, 0.1) is 0 Å². The molecule has 0 atom stereocenters. The fourth-order valence-electron chi connectivity index (χ4n) is 4.80. The number of hydrogen-bond acceptors (Lipinski definition) is 8. The van der Waals surface area contributed by atoms with E-state index < -0.39 is 5.97 Å². The van der Waals surface area contributed by atoms with E-state index >= 15 is 0 Å². The summed E-state index contributed by atoms with van der Waals surface area (Å²) >= 11 is 0. The number of furan rings is 1. The number of ketones is 1. The van der Waals surface area contributed by atoms with Crippen molar-refractivity contribution in [3.63, 3.8) is 0 Å². The lowest BCUT2D eigenvalue weighted by Gasteiger charge is -2.08. The highest BCUT2D eigenvalue weighted by molar-refractivity contribution is 6.15. The van der Waals surface area contributed by atoms with Crippen molar-refractivity contribution in [1.82, 2.24) is 0 Å². The molecule has 2 heterocycles. The van der Waals surface area contributed by atoms with Crippen molar-refractivity contribution < 1.29 is 37.7 Å². The summed E-state index contributed by atoms with van der Waals surface area (Å²) in [5, 5.41) is 0.566. The van der Waals surface area contributed by atoms with Crippen molar-refractivity contribution in [1.29, 1.82) is 0 Å². The second kappa shape index (κ2) is 11.2. The van der Waals surface area contributed by atoms with Crippen LogP contribution < -0.4 is 23.7 Å². The van der Waals surface area contributed by atoms with Crippen molar-refractivity contribution in [3.05, 3.63) is 107 Å². The zero-order chi connectivity index (χ0) is 29.2. The van der Waals surface area contributed by atoms with Gasteiger partial charge >= 0.3 is 5.97 Å². The molecule has 8 heteroatoms. The molecule has 0 unspecified atom stereocenters. The molecule has 210 valence electrons. The molecule has 0 spiro atoms. The smallest absolute Gasteiger partial charge is 0.348 e. The van der Waals surface area contributed by atoms with Crippen LogP contribution in [-0.4, -0.2) is 32.6 Å². The Morgan fingerprint density at radius 3 is 2.40 bits per heavy atom. The number of allylic oxidation sites excluding steroid dienone is 1. The molecule has 0 saturated carbocycles. The molecule has 0 bridgehead atoms. The van der Waals surface area contributed by atoms with E-state index in [0.29, 0.717) is 51.7 Å². The molecular formula is C34H26O8. The average molecular weight is 563 g/mol. The third-order valence-electron chi connectivity index (χ3n) is 6.79. The van der Waals surface area contributed by atoms with Crippen LogP contribution >= 0.6 is 0 Å². The van der Waals surface area contributed by atoms with Gasteiger partial charge in [-0.2, -0.15) is 0 Å². The van der Waals surface area contributed by atoms with Crippen LogP contribution in [0.25, 0.3) is 28.4 Å². The maximum atomic E-state index is 13.7. The second-order valence-electron chi connectivity index (χ2n) is 9.36. The molecule has 8 nitrogen and oxygen atoms in total. The Labute approximate surface area is 241 Å². The molecule has 1 aromatic heterocycles. The van der Waals surface area contributed by atoms with Crippen LogP contribution in [0.5, 0.6) is 28.7 Å². The predicted octanol–water partition coefficient (Wildman–Crippen LogP) is 7.35. The van der Waals surface area contributed by atoms with Gasteiger partial charge in [0.1, 0.15) is 45.7 Å². The van der Waals surface area contributed by atoms with E-state index in [1.807, 2.05) is 37.3 Å². The molecule has 6 rings (SSSR count). The third kappa shape index (κ3) is 4.94. The van der Waals surface area contributed by atoms with Gasteiger partial charge in [-0.05, 0) is 55.5 Å². The first-order chi connectivity index (χ1) is 20.5. The molecule has 4 aromatic carbocycles. The molecule has 42 heavy (non-hydrogen) atoms. The van der Waals surface area contributed by atoms with Gasteiger partial charge in [0.05, 0.1) is 26.4 Å². The topological polar surface area (TPSA) is 93.4 Å². The molecule has 1 aliphatic rings. The SMILES string of the molecule is CCOc1ccc2oc(-c3ccccc3)c(C(=O)Oc3ccc4c(c3)OC(=Cc3ccc(OC)cc3OC)C4=O)c2c1. The van der Waals surface area contributed by atoms with Gasteiger partial charge in [-0.1, -0.05) is 30.3 Å². The van der Waals surface area contributed by atoms with Gasteiger partial charge in [-0.25, -0.2) is 4.79 Å². The number of carbonyl (C=O) groups is 2. The summed E-state index contributed by atoms with van der Waals surface area (Å²) in [6, 6.07) is 24.6. The molecular weight excluding hydrogens is 536 g/mol. The maximum Gasteiger partial charge on any atom is 0.348 e. The number of fused-ring (bicyclic) bond motifs is 2. The molecule has 0 aliphatic carbocycles. The van der Waals surface area contributed by atoms with Gasteiger partial charge < -0.3 is 28.1 Å². The maximum absolute atomic E-state index is 13.7. The minimum Gasteiger partial charge on any atom is -0.497 e. The lowest BCUT2D eigenvalue weighted by atomic mass is 10.1. The van der Waals surface area contributed by atoms with E-state index in [1.54, 1.807) is 61.7 Å². The zero-order valence-corrected chi connectivity index (χ0v) is 23.1. The fourth-order valence-corrected chi connectivity index (χ4v) is 4.80. The Balaban J connectivity index is 1.32. The number of Topliss-reactive ketones (excluding diaryl/α,β-unsaturated/α-hetero) is 1. The zero-order valence-electron chi connectivity index (χ0n) is 23.1. The highest BCUT2D eigenvalue weighted by Crippen LogP contribution is 2.39. The minimum absolute atomic E-state index is 0.118. The van der Waals surface area contributed by atoms with Crippen LogP contribution in [0.15, 0.2) is 95.1 Å². The van der Waals surface area contributed by atoms with Crippen molar-refractivity contribution in [2.24, 2.45) is 0 Å². The molecule has 1 aliphatic heterocycles. The van der Waals surface area contributed by atoms with Crippen LogP contribution in [0.4, 0.5) is 0 Å². The molecule has 5 aromatic rings. The first-order valence-electron chi connectivity index (χ1n) is 13.3. The van der Waals surface area contributed by atoms with E-state index in [2.05, 4.69) is 0 Å². The number of esters is 1. The summed E-state index contributed by atoms with van der Waals surface area (Å²) < 4.78 is 34.2. The summed E-state index contributed by atoms with van der Waals surface area (Å²) in [4.78, 5) is 26.8. The first kappa shape index (κ1) is 26.7. The summed E-state index contributed by atoms with van der Waals surface area (Å²) in [5.74, 6) is 1.84. The number of rotatable bonds is 8. The van der Waals surface area contributed by atoms with Crippen LogP contribution in [0.3, 0.4) is 0 Å². The first-order valence-corrected chi connectivity index (χ1v) is 13.3. The Morgan fingerprint density at radius 1 is 0.857 bits per heavy atom. The number of ether oxygens (including phenoxy) is 5. The van der Waals surface area contributed by atoms with Gasteiger partial charge in [-0.15, -0.1) is 0 Å². The van der Waals surface area contributed by atoms with Gasteiger partial charge in [0.15, 0.2) is 5.76 Å². The second-order valence-corrected chi connectivity index (χ2v) is 9.36. The normalized spacial score (nSPS) is 13.1. The highest BCUT2D eigenvalue weighted by Gasteiger charge is 2.30. The Kier molecular flexibility index (Phi) is 7.10. The molecule has 0 saturated heterocycles. The summed E-state index contributed by atoms with van der Waals surface area (Å²) in [7, 11) is 3.10.